The number of rotatable bonds is 0. The van der Waals surface area contributed by atoms with Gasteiger partial charge < -0.3 is 10.2 Å². The normalized spacial score (nSPS) is 37.5. The first kappa shape index (κ1) is 8.02. The van der Waals surface area contributed by atoms with Gasteiger partial charge >= 0.3 is 0 Å². The summed E-state index contributed by atoms with van der Waals surface area (Å²) in [7, 11) is 2.21. The standard InChI is InChI=1S/C6H12N2.C2H6/c1-8-4-5-2-6(8)3-7-5;1-2/h5-7H,2-4H2,1H3;1-2H3/t5-,6-;/m0./s1. The predicted molar refractivity (Wildman–Crippen MR) is 44.2 cm³/mol. The first-order chi connectivity index (χ1) is 4.86. The molecule has 2 aliphatic heterocycles. The van der Waals surface area contributed by atoms with Gasteiger partial charge in [-0.3, -0.25) is 0 Å². The van der Waals surface area contributed by atoms with E-state index in [-0.39, 0.29) is 0 Å². The maximum absolute atomic E-state index is 3.44. The number of piperazine rings is 1. The molecule has 1 N–H and O–H groups in total. The highest BCUT2D eigenvalue weighted by Gasteiger charge is 2.34. The van der Waals surface area contributed by atoms with Crippen molar-refractivity contribution in [3.8, 4) is 0 Å². The molecule has 2 rings (SSSR count). The monoisotopic (exact) mass is 142 g/mol. The Morgan fingerprint density at radius 1 is 1.40 bits per heavy atom. The number of hydrogen-bond acceptors (Lipinski definition) is 2. The molecule has 0 aromatic rings. The van der Waals surface area contributed by atoms with Crippen molar-refractivity contribution in [2.45, 2.75) is 32.4 Å². The summed E-state index contributed by atoms with van der Waals surface area (Å²) in [6.07, 6.45) is 1.39. The van der Waals surface area contributed by atoms with Crippen LogP contribution in [0.3, 0.4) is 0 Å². The summed E-state index contributed by atoms with van der Waals surface area (Å²) >= 11 is 0. The van der Waals surface area contributed by atoms with E-state index < -0.39 is 0 Å². The van der Waals surface area contributed by atoms with Gasteiger partial charge in [-0.1, -0.05) is 13.8 Å². The van der Waals surface area contributed by atoms with E-state index in [0.717, 1.165) is 12.1 Å². The molecule has 60 valence electrons. The fourth-order valence-electron chi connectivity index (χ4n) is 1.77. The van der Waals surface area contributed by atoms with Gasteiger partial charge in [-0.05, 0) is 13.5 Å². The molecule has 0 aromatic heterocycles. The zero-order valence-electron chi connectivity index (χ0n) is 7.22. The minimum atomic E-state index is 0.824. The van der Waals surface area contributed by atoms with Gasteiger partial charge in [0.1, 0.15) is 0 Å². The van der Waals surface area contributed by atoms with Crippen molar-refractivity contribution in [2.75, 3.05) is 20.1 Å². The smallest absolute Gasteiger partial charge is 0.0233 e. The van der Waals surface area contributed by atoms with Crippen LogP contribution in [-0.2, 0) is 0 Å². The molecule has 0 aliphatic carbocycles. The zero-order chi connectivity index (χ0) is 7.56. The molecule has 0 spiro atoms. The Morgan fingerprint density at radius 3 is 2.30 bits per heavy atom. The van der Waals surface area contributed by atoms with Crippen LogP contribution >= 0.6 is 0 Å². The molecule has 0 saturated carbocycles. The lowest BCUT2D eigenvalue weighted by Crippen LogP contribution is -2.41. The average molecular weight is 142 g/mol. The van der Waals surface area contributed by atoms with E-state index in [1.54, 1.807) is 0 Å². The van der Waals surface area contributed by atoms with Crippen LogP contribution < -0.4 is 5.32 Å². The topological polar surface area (TPSA) is 15.3 Å². The van der Waals surface area contributed by atoms with Crippen molar-refractivity contribution in [1.29, 1.82) is 0 Å². The largest absolute Gasteiger partial charge is 0.311 e. The Balaban J connectivity index is 0.000000231. The van der Waals surface area contributed by atoms with Crippen molar-refractivity contribution in [2.24, 2.45) is 0 Å². The lowest BCUT2D eigenvalue weighted by atomic mass is 10.2. The second-order valence-electron chi connectivity index (χ2n) is 2.93. The first-order valence-corrected chi connectivity index (χ1v) is 4.30. The van der Waals surface area contributed by atoms with Crippen LogP contribution in [0.5, 0.6) is 0 Å². The summed E-state index contributed by atoms with van der Waals surface area (Å²) in [5, 5.41) is 3.44. The zero-order valence-corrected chi connectivity index (χ0v) is 7.22. The summed E-state index contributed by atoms with van der Waals surface area (Å²) in [5.74, 6) is 0. The summed E-state index contributed by atoms with van der Waals surface area (Å²) in [5.41, 5.74) is 0. The Bertz CT molecular complexity index is 101. The first-order valence-electron chi connectivity index (χ1n) is 4.30. The van der Waals surface area contributed by atoms with Gasteiger partial charge in [0.2, 0.25) is 0 Å². The molecule has 2 saturated heterocycles. The van der Waals surface area contributed by atoms with Gasteiger partial charge in [-0.25, -0.2) is 0 Å². The predicted octanol–water partition coefficient (Wildman–Crippen LogP) is 0.688. The molecule has 0 radical (unpaired) electrons. The Hall–Kier alpha value is -0.0800. The van der Waals surface area contributed by atoms with E-state index >= 15 is 0 Å². The van der Waals surface area contributed by atoms with Crippen molar-refractivity contribution in [1.82, 2.24) is 10.2 Å². The van der Waals surface area contributed by atoms with Crippen molar-refractivity contribution in [3.63, 3.8) is 0 Å². The third-order valence-corrected chi connectivity index (χ3v) is 2.33. The third-order valence-electron chi connectivity index (χ3n) is 2.33. The summed E-state index contributed by atoms with van der Waals surface area (Å²) in [6.45, 7) is 6.49. The number of nitrogens with one attached hydrogen (secondary N) is 1. The minimum Gasteiger partial charge on any atom is -0.311 e. The van der Waals surface area contributed by atoms with Gasteiger partial charge in [0.25, 0.3) is 0 Å². The van der Waals surface area contributed by atoms with Crippen LogP contribution in [0.1, 0.15) is 20.3 Å². The highest BCUT2D eigenvalue weighted by Crippen LogP contribution is 2.20. The van der Waals surface area contributed by atoms with Crippen LogP contribution in [0.2, 0.25) is 0 Å². The van der Waals surface area contributed by atoms with Crippen LogP contribution in [0.4, 0.5) is 0 Å². The highest BCUT2D eigenvalue weighted by atomic mass is 15.3. The Morgan fingerprint density at radius 2 is 2.10 bits per heavy atom. The molecule has 2 nitrogen and oxygen atoms in total. The van der Waals surface area contributed by atoms with Crippen LogP contribution in [0.15, 0.2) is 0 Å². The lowest BCUT2D eigenvalue weighted by Gasteiger charge is -2.21. The number of likely N-dealkylation sites (N-methyl/N-ethyl adjacent to an activating group) is 1. The van der Waals surface area contributed by atoms with Gasteiger partial charge in [-0.2, -0.15) is 0 Å². The third kappa shape index (κ3) is 1.32. The summed E-state index contributed by atoms with van der Waals surface area (Å²) in [6, 6.07) is 1.69. The van der Waals surface area contributed by atoms with Gasteiger partial charge in [0.15, 0.2) is 0 Å². The highest BCUT2D eigenvalue weighted by molar-refractivity contribution is 4.95. The molecule has 2 atom stereocenters. The fourth-order valence-corrected chi connectivity index (χ4v) is 1.77. The SMILES string of the molecule is CC.CN1C[C@@H]2C[C@H]1CN2. The number of fused-ring (bicyclic) bond motifs is 2. The average Bonchev–Trinajstić information content (AvgIpc) is 2.52. The van der Waals surface area contributed by atoms with E-state index in [9.17, 15) is 0 Å². The number of nitrogens with zero attached hydrogens (tertiary/aromatic N) is 1. The second-order valence-corrected chi connectivity index (χ2v) is 2.93. The van der Waals surface area contributed by atoms with Crippen LogP contribution in [-0.4, -0.2) is 37.1 Å². The van der Waals surface area contributed by atoms with Crippen molar-refractivity contribution < 1.29 is 0 Å². The lowest BCUT2D eigenvalue weighted by molar-refractivity contribution is 0.276. The van der Waals surface area contributed by atoms with Crippen molar-refractivity contribution in [3.05, 3.63) is 0 Å². The van der Waals surface area contributed by atoms with E-state index in [1.807, 2.05) is 13.8 Å². The molecule has 0 unspecified atom stereocenters. The summed E-state index contributed by atoms with van der Waals surface area (Å²) in [4.78, 5) is 2.45. The molecule has 10 heavy (non-hydrogen) atoms. The number of hydrogen-bond donors (Lipinski definition) is 1. The van der Waals surface area contributed by atoms with E-state index in [4.69, 9.17) is 0 Å². The minimum absolute atomic E-state index is 0.824. The van der Waals surface area contributed by atoms with Crippen LogP contribution in [0, 0.1) is 0 Å². The second kappa shape index (κ2) is 3.35. The molecular formula is C8H18N2. The van der Waals surface area contributed by atoms with E-state index in [2.05, 4.69) is 17.3 Å². The van der Waals surface area contributed by atoms with Gasteiger partial charge in [0, 0.05) is 25.2 Å². The molecule has 2 aliphatic rings. The quantitative estimate of drug-likeness (QED) is 0.535. The van der Waals surface area contributed by atoms with Crippen molar-refractivity contribution >= 4 is 0 Å². The molecule has 2 fully saturated rings. The molecule has 0 aromatic carbocycles. The molecule has 2 heteroatoms. The van der Waals surface area contributed by atoms with E-state index in [1.165, 1.54) is 19.5 Å². The Labute approximate surface area is 63.6 Å². The van der Waals surface area contributed by atoms with E-state index in [0.29, 0.717) is 0 Å². The molecule has 0 amide bonds. The Kier molecular flexibility index (Phi) is 2.69. The van der Waals surface area contributed by atoms with Gasteiger partial charge in [-0.15, -0.1) is 0 Å². The van der Waals surface area contributed by atoms with Crippen LogP contribution in [0.25, 0.3) is 0 Å². The summed E-state index contributed by atoms with van der Waals surface area (Å²) < 4.78 is 0. The molecule has 2 bridgehead atoms. The maximum atomic E-state index is 3.44. The van der Waals surface area contributed by atoms with Gasteiger partial charge in [0.05, 0.1) is 0 Å². The maximum Gasteiger partial charge on any atom is 0.0233 e. The fraction of sp³-hybridized carbons (Fsp3) is 1.00. The molecule has 2 heterocycles. The molecular weight excluding hydrogens is 124 g/mol. The number of likely N-dealkylation sites (tertiary alicyclic amines) is 1.